The van der Waals surface area contributed by atoms with Gasteiger partial charge in [0.15, 0.2) is 0 Å². The Balaban J connectivity index is 3.15. The topological polar surface area (TPSA) is 66.6 Å². The molecule has 76 valence electrons. The van der Waals surface area contributed by atoms with Crippen LogP contribution < -0.4 is 0 Å². The second kappa shape index (κ2) is 4.12. The molecule has 5 nitrogen and oxygen atoms in total. The van der Waals surface area contributed by atoms with E-state index < -0.39 is 10.7 Å². The van der Waals surface area contributed by atoms with E-state index in [1.807, 2.05) is 0 Å². The first-order chi connectivity index (χ1) is 6.52. The molecule has 0 aromatic heterocycles. The Morgan fingerprint density at radius 1 is 1.64 bits per heavy atom. The van der Waals surface area contributed by atoms with Gasteiger partial charge < -0.3 is 5.21 Å². The number of nitro benzene ring substituents is 1. The normalized spacial score (nSPS) is 10.6. The van der Waals surface area contributed by atoms with E-state index in [1.165, 1.54) is 19.2 Å². The molecular formula is C8H9FN2O3. The minimum Gasteiger partial charge on any atom is -0.314 e. The molecule has 0 aliphatic rings. The van der Waals surface area contributed by atoms with Crippen LogP contribution >= 0.6 is 0 Å². The largest absolute Gasteiger partial charge is 0.314 e. The number of rotatable bonds is 3. The fraction of sp³-hybridized carbons (Fsp3) is 0.250. The smallest absolute Gasteiger partial charge is 0.276 e. The maximum atomic E-state index is 13.1. The molecule has 0 saturated heterocycles. The van der Waals surface area contributed by atoms with Gasteiger partial charge in [0.25, 0.3) is 5.69 Å². The molecule has 1 aromatic carbocycles. The predicted molar refractivity (Wildman–Crippen MR) is 46.3 cm³/mol. The average molecular weight is 200 g/mol. The predicted octanol–water partition coefficient (Wildman–Crippen LogP) is 1.55. The summed E-state index contributed by atoms with van der Waals surface area (Å²) in [5, 5.41) is 20.1. The minimum atomic E-state index is -0.694. The molecule has 0 aliphatic carbocycles. The number of nitro groups is 1. The van der Waals surface area contributed by atoms with E-state index in [-0.39, 0.29) is 17.8 Å². The molecule has 0 unspecified atom stereocenters. The second-order valence-electron chi connectivity index (χ2n) is 2.81. The van der Waals surface area contributed by atoms with Crippen molar-refractivity contribution in [2.75, 3.05) is 7.05 Å². The quantitative estimate of drug-likeness (QED) is 0.593. The van der Waals surface area contributed by atoms with Crippen LogP contribution in [0.5, 0.6) is 0 Å². The van der Waals surface area contributed by atoms with E-state index in [0.717, 1.165) is 6.07 Å². The van der Waals surface area contributed by atoms with Gasteiger partial charge in [0.2, 0.25) is 0 Å². The van der Waals surface area contributed by atoms with Crippen molar-refractivity contribution in [3.63, 3.8) is 0 Å². The van der Waals surface area contributed by atoms with E-state index in [9.17, 15) is 14.5 Å². The third-order valence-corrected chi connectivity index (χ3v) is 1.68. The third kappa shape index (κ3) is 2.24. The molecule has 0 radical (unpaired) electrons. The van der Waals surface area contributed by atoms with Crippen molar-refractivity contribution in [1.82, 2.24) is 5.06 Å². The van der Waals surface area contributed by atoms with E-state index >= 15 is 0 Å². The highest BCUT2D eigenvalue weighted by Crippen LogP contribution is 2.21. The van der Waals surface area contributed by atoms with Crippen molar-refractivity contribution in [1.29, 1.82) is 0 Å². The summed E-state index contributed by atoms with van der Waals surface area (Å²) in [6.07, 6.45) is 0. The standard InChI is InChI=1S/C8H9FN2O3/c1-10(12)5-6-7(9)3-2-4-8(6)11(13)14/h2-4,12H,5H2,1H3. The highest BCUT2D eigenvalue weighted by atomic mass is 19.1. The molecule has 0 aliphatic heterocycles. The molecule has 0 amide bonds. The van der Waals surface area contributed by atoms with Gasteiger partial charge in [-0.3, -0.25) is 10.1 Å². The first kappa shape index (κ1) is 10.6. The zero-order valence-electron chi connectivity index (χ0n) is 7.48. The lowest BCUT2D eigenvalue weighted by molar-refractivity contribution is -0.386. The summed E-state index contributed by atoms with van der Waals surface area (Å²) in [5.74, 6) is -0.694. The third-order valence-electron chi connectivity index (χ3n) is 1.68. The van der Waals surface area contributed by atoms with Crippen molar-refractivity contribution < 1.29 is 14.5 Å². The molecule has 0 saturated carbocycles. The fourth-order valence-corrected chi connectivity index (χ4v) is 1.10. The van der Waals surface area contributed by atoms with Gasteiger partial charge in [-0.15, -0.1) is 0 Å². The summed E-state index contributed by atoms with van der Waals surface area (Å²) >= 11 is 0. The van der Waals surface area contributed by atoms with Crippen LogP contribution in [-0.4, -0.2) is 22.2 Å². The summed E-state index contributed by atoms with van der Waals surface area (Å²) < 4.78 is 13.1. The number of hydroxylamine groups is 2. The van der Waals surface area contributed by atoms with Crippen molar-refractivity contribution in [2.24, 2.45) is 0 Å². The lowest BCUT2D eigenvalue weighted by atomic mass is 10.1. The lowest BCUT2D eigenvalue weighted by Crippen LogP contribution is -2.14. The Morgan fingerprint density at radius 3 is 2.79 bits per heavy atom. The van der Waals surface area contributed by atoms with E-state index in [0.29, 0.717) is 5.06 Å². The molecular weight excluding hydrogens is 191 g/mol. The van der Waals surface area contributed by atoms with Crippen molar-refractivity contribution in [3.8, 4) is 0 Å². The van der Waals surface area contributed by atoms with Crippen molar-refractivity contribution in [3.05, 3.63) is 39.7 Å². The van der Waals surface area contributed by atoms with Crippen LogP contribution in [0.3, 0.4) is 0 Å². The first-order valence-electron chi connectivity index (χ1n) is 3.84. The number of nitrogens with zero attached hydrogens (tertiary/aromatic N) is 2. The zero-order chi connectivity index (χ0) is 10.7. The Bertz CT molecular complexity index is 354. The Morgan fingerprint density at radius 2 is 2.29 bits per heavy atom. The molecule has 6 heteroatoms. The van der Waals surface area contributed by atoms with Crippen LogP contribution in [0.25, 0.3) is 0 Å². The van der Waals surface area contributed by atoms with Crippen LogP contribution in [0.4, 0.5) is 10.1 Å². The summed E-state index contributed by atoms with van der Waals surface area (Å²) in [6.45, 7) is -0.219. The van der Waals surface area contributed by atoms with Gasteiger partial charge in [-0.05, 0) is 6.07 Å². The second-order valence-corrected chi connectivity index (χ2v) is 2.81. The molecule has 0 spiro atoms. The Kier molecular flexibility index (Phi) is 3.10. The zero-order valence-corrected chi connectivity index (χ0v) is 7.48. The van der Waals surface area contributed by atoms with Gasteiger partial charge >= 0.3 is 0 Å². The van der Waals surface area contributed by atoms with Crippen LogP contribution in [0.1, 0.15) is 5.56 Å². The molecule has 1 rings (SSSR count). The summed E-state index contributed by atoms with van der Waals surface area (Å²) in [5.41, 5.74) is -0.451. The summed E-state index contributed by atoms with van der Waals surface area (Å²) in [6, 6.07) is 3.57. The van der Waals surface area contributed by atoms with Crippen LogP contribution in [0, 0.1) is 15.9 Å². The number of hydrogen-bond acceptors (Lipinski definition) is 4. The highest BCUT2D eigenvalue weighted by molar-refractivity contribution is 5.40. The maximum Gasteiger partial charge on any atom is 0.276 e. The van der Waals surface area contributed by atoms with Crippen LogP contribution in [0.2, 0.25) is 0 Å². The highest BCUT2D eigenvalue weighted by Gasteiger charge is 2.18. The molecule has 0 fully saturated rings. The Hall–Kier alpha value is -1.53. The van der Waals surface area contributed by atoms with Gasteiger partial charge in [0, 0.05) is 13.1 Å². The minimum absolute atomic E-state index is 0.123. The molecule has 0 heterocycles. The van der Waals surface area contributed by atoms with Crippen LogP contribution in [0.15, 0.2) is 18.2 Å². The first-order valence-corrected chi connectivity index (χ1v) is 3.84. The number of benzene rings is 1. The fourth-order valence-electron chi connectivity index (χ4n) is 1.10. The van der Waals surface area contributed by atoms with E-state index in [4.69, 9.17) is 5.21 Å². The number of hydrogen-bond donors (Lipinski definition) is 1. The van der Waals surface area contributed by atoms with Gasteiger partial charge in [-0.1, -0.05) is 6.07 Å². The van der Waals surface area contributed by atoms with E-state index in [1.54, 1.807) is 0 Å². The van der Waals surface area contributed by atoms with Gasteiger partial charge in [-0.2, -0.15) is 5.06 Å². The van der Waals surface area contributed by atoms with E-state index in [2.05, 4.69) is 0 Å². The summed E-state index contributed by atoms with van der Waals surface area (Å²) in [4.78, 5) is 9.82. The van der Waals surface area contributed by atoms with Crippen molar-refractivity contribution in [2.45, 2.75) is 6.54 Å². The van der Waals surface area contributed by atoms with Crippen molar-refractivity contribution >= 4 is 5.69 Å². The molecule has 14 heavy (non-hydrogen) atoms. The van der Waals surface area contributed by atoms with Gasteiger partial charge in [0.05, 0.1) is 17.0 Å². The molecule has 1 N–H and O–H groups in total. The van der Waals surface area contributed by atoms with Gasteiger partial charge in [0.1, 0.15) is 5.82 Å². The molecule has 0 bridgehead atoms. The molecule has 1 aromatic rings. The number of halogens is 1. The lowest BCUT2D eigenvalue weighted by Gasteiger charge is -2.08. The average Bonchev–Trinajstić information content (AvgIpc) is 2.07. The molecule has 0 atom stereocenters. The Labute approximate surface area is 79.5 Å². The maximum absolute atomic E-state index is 13.1. The van der Waals surface area contributed by atoms with Crippen LogP contribution in [-0.2, 0) is 6.54 Å². The SMILES string of the molecule is CN(O)Cc1c(F)cccc1[N+](=O)[O-]. The van der Waals surface area contributed by atoms with Gasteiger partial charge in [-0.25, -0.2) is 4.39 Å². The monoisotopic (exact) mass is 200 g/mol. The summed E-state index contributed by atoms with van der Waals surface area (Å²) in [7, 11) is 1.29.